The van der Waals surface area contributed by atoms with E-state index in [1.807, 2.05) is 51.1 Å². The van der Waals surface area contributed by atoms with Crippen LogP contribution in [0, 0.1) is 17.3 Å². The second kappa shape index (κ2) is 11.1. The van der Waals surface area contributed by atoms with Gasteiger partial charge in [-0.25, -0.2) is 5.06 Å². The van der Waals surface area contributed by atoms with Gasteiger partial charge in [-0.15, -0.1) is 0 Å². The van der Waals surface area contributed by atoms with Gasteiger partial charge in [0, 0.05) is 0 Å². The number of primary amides is 1. The molecule has 2 rings (SSSR count). The highest BCUT2D eigenvalue weighted by molar-refractivity contribution is 5.88. The van der Waals surface area contributed by atoms with Crippen molar-refractivity contribution in [2.24, 2.45) is 23.0 Å². The average molecular weight is 418 g/mol. The molecular weight excluding hydrogens is 382 g/mol. The summed E-state index contributed by atoms with van der Waals surface area (Å²) in [6.45, 7) is 5.94. The van der Waals surface area contributed by atoms with Crippen molar-refractivity contribution in [3.05, 3.63) is 35.9 Å². The van der Waals surface area contributed by atoms with E-state index in [1.54, 1.807) is 0 Å². The number of nitrogens with two attached hydrogens (primary N) is 1. The van der Waals surface area contributed by atoms with Gasteiger partial charge >= 0.3 is 0 Å². The molecule has 0 bridgehead atoms. The molecule has 7 heteroatoms. The molecule has 0 spiro atoms. The first kappa shape index (κ1) is 23.9. The normalized spacial score (nSPS) is 16.6. The standard InChI is InChI=1S/C23H35N3O4/c1-23(2,3)20(21(24)28)25-22(29)19(13-17-9-7-8-10-17)14-26(16-27)30-15-18-11-5-4-6-12-18/h4-6,11-12,16-17,19-20H,7-10,13-15H2,1-3H3,(H2,24,28)(H,25,29)/t19-,20-/m1/s1. The second-order valence-corrected chi connectivity index (χ2v) is 9.26. The van der Waals surface area contributed by atoms with Gasteiger partial charge in [-0.2, -0.15) is 0 Å². The van der Waals surface area contributed by atoms with Gasteiger partial charge in [-0.05, 0) is 23.3 Å². The minimum Gasteiger partial charge on any atom is -0.368 e. The molecule has 3 N–H and O–H groups in total. The summed E-state index contributed by atoms with van der Waals surface area (Å²) in [5.74, 6) is -0.873. The summed E-state index contributed by atoms with van der Waals surface area (Å²) in [4.78, 5) is 42.2. The van der Waals surface area contributed by atoms with Crippen LogP contribution in [-0.2, 0) is 25.8 Å². The number of nitrogens with zero attached hydrogens (tertiary/aromatic N) is 1. The Morgan fingerprint density at radius 2 is 1.87 bits per heavy atom. The van der Waals surface area contributed by atoms with Crippen molar-refractivity contribution in [2.45, 2.75) is 65.5 Å². The van der Waals surface area contributed by atoms with E-state index in [0.29, 0.717) is 18.7 Å². The van der Waals surface area contributed by atoms with Crippen molar-refractivity contribution in [1.82, 2.24) is 10.4 Å². The van der Waals surface area contributed by atoms with Gasteiger partial charge in [0.15, 0.2) is 0 Å². The molecule has 0 heterocycles. The molecule has 1 aliphatic carbocycles. The highest BCUT2D eigenvalue weighted by Crippen LogP contribution is 2.31. The van der Waals surface area contributed by atoms with Crippen molar-refractivity contribution in [1.29, 1.82) is 0 Å². The lowest BCUT2D eigenvalue weighted by atomic mass is 9.85. The van der Waals surface area contributed by atoms with Crippen LogP contribution in [0.4, 0.5) is 0 Å². The minimum atomic E-state index is -0.786. The Morgan fingerprint density at radius 3 is 2.40 bits per heavy atom. The summed E-state index contributed by atoms with van der Waals surface area (Å²) in [6.07, 6.45) is 5.73. The van der Waals surface area contributed by atoms with Gasteiger partial charge in [-0.1, -0.05) is 76.8 Å². The molecule has 0 aliphatic heterocycles. The molecule has 1 aliphatic rings. The maximum Gasteiger partial charge on any atom is 0.240 e. The first-order chi connectivity index (χ1) is 14.2. The van der Waals surface area contributed by atoms with Crippen molar-refractivity contribution in [3.8, 4) is 0 Å². The fourth-order valence-corrected chi connectivity index (χ4v) is 3.96. The van der Waals surface area contributed by atoms with Gasteiger partial charge in [0.2, 0.25) is 18.2 Å². The molecule has 1 fully saturated rings. The average Bonchev–Trinajstić information content (AvgIpc) is 3.21. The molecule has 0 radical (unpaired) electrons. The lowest BCUT2D eigenvalue weighted by Crippen LogP contribution is -2.54. The van der Waals surface area contributed by atoms with Gasteiger partial charge in [0.05, 0.1) is 12.5 Å². The third-order valence-electron chi connectivity index (χ3n) is 5.66. The third-order valence-corrected chi connectivity index (χ3v) is 5.66. The van der Waals surface area contributed by atoms with E-state index in [-0.39, 0.29) is 19.1 Å². The molecular formula is C23H35N3O4. The Hall–Kier alpha value is -2.41. The number of amides is 3. The lowest BCUT2D eigenvalue weighted by molar-refractivity contribution is -0.182. The fraction of sp³-hybridized carbons (Fsp3) is 0.609. The SMILES string of the molecule is CC(C)(C)[C@H](NC(=O)[C@H](CC1CCCC1)CN(C=O)OCc1ccccc1)C(N)=O. The molecule has 1 aromatic carbocycles. The van der Waals surface area contributed by atoms with Crippen LogP contribution in [0.15, 0.2) is 30.3 Å². The predicted molar refractivity (Wildman–Crippen MR) is 115 cm³/mol. The second-order valence-electron chi connectivity index (χ2n) is 9.26. The Labute approximate surface area is 179 Å². The predicted octanol–water partition coefficient (Wildman–Crippen LogP) is 2.79. The maximum atomic E-state index is 13.1. The Kier molecular flexibility index (Phi) is 8.84. The molecule has 1 saturated carbocycles. The third kappa shape index (κ3) is 7.44. The van der Waals surface area contributed by atoms with Crippen LogP contribution < -0.4 is 11.1 Å². The largest absolute Gasteiger partial charge is 0.368 e. The highest BCUT2D eigenvalue weighted by Gasteiger charge is 2.34. The van der Waals surface area contributed by atoms with Gasteiger partial charge in [0.25, 0.3) is 0 Å². The number of benzene rings is 1. The van der Waals surface area contributed by atoms with Crippen LogP contribution in [0.5, 0.6) is 0 Å². The summed E-state index contributed by atoms with van der Waals surface area (Å²) in [7, 11) is 0. The number of carbonyl (C=O) groups is 3. The lowest BCUT2D eigenvalue weighted by Gasteiger charge is -2.31. The molecule has 0 saturated heterocycles. The molecule has 7 nitrogen and oxygen atoms in total. The monoisotopic (exact) mass is 417 g/mol. The molecule has 0 unspecified atom stereocenters. The summed E-state index contributed by atoms with van der Waals surface area (Å²) in [5, 5.41) is 4.01. The van der Waals surface area contributed by atoms with Crippen LogP contribution in [0.2, 0.25) is 0 Å². The fourth-order valence-electron chi connectivity index (χ4n) is 3.96. The van der Waals surface area contributed by atoms with Crippen LogP contribution in [0.1, 0.15) is 58.4 Å². The van der Waals surface area contributed by atoms with Gasteiger partial charge in [-0.3, -0.25) is 19.2 Å². The molecule has 30 heavy (non-hydrogen) atoms. The summed E-state index contributed by atoms with van der Waals surface area (Å²) < 4.78 is 0. The van der Waals surface area contributed by atoms with E-state index in [9.17, 15) is 14.4 Å². The number of hydrogen-bond donors (Lipinski definition) is 2. The highest BCUT2D eigenvalue weighted by atomic mass is 16.7. The van der Waals surface area contributed by atoms with E-state index >= 15 is 0 Å². The molecule has 3 amide bonds. The molecule has 1 aromatic rings. The summed E-state index contributed by atoms with van der Waals surface area (Å²) in [5.41, 5.74) is 5.96. The molecule has 0 aromatic heterocycles. The van der Waals surface area contributed by atoms with E-state index < -0.39 is 23.3 Å². The van der Waals surface area contributed by atoms with E-state index in [4.69, 9.17) is 10.6 Å². The van der Waals surface area contributed by atoms with Crippen LogP contribution in [0.3, 0.4) is 0 Å². The number of hydroxylamine groups is 2. The Bertz CT molecular complexity index is 696. The smallest absolute Gasteiger partial charge is 0.240 e. The van der Waals surface area contributed by atoms with Crippen LogP contribution >= 0.6 is 0 Å². The zero-order valence-corrected chi connectivity index (χ0v) is 18.3. The van der Waals surface area contributed by atoms with E-state index in [1.165, 1.54) is 5.06 Å². The zero-order chi connectivity index (χ0) is 22.1. The Morgan fingerprint density at radius 1 is 1.23 bits per heavy atom. The number of rotatable bonds is 11. The quantitative estimate of drug-likeness (QED) is 0.427. The number of hydrogen-bond acceptors (Lipinski definition) is 4. The van der Waals surface area contributed by atoms with E-state index in [0.717, 1.165) is 31.2 Å². The van der Waals surface area contributed by atoms with E-state index in [2.05, 4.69) is 5.32 Å². The summed E-state index contributed by atoms with van der Waals surface area (Å²) >= 11 is 0. The van der Waals surface area contributed by atoms with Crippen molar-refractivity contribution < 1.29 is 19.2 Å². The zero-order valence-electron chi connectivity index (χ0n) is 18.3. The molecule has 166 valence electrons. The van der Waals surface area contributed by atoms with Crippen LogP contribution in [-0.4, -0.2) is 35.9 Å². The van der Waals surface area contributed by atoms with Gasteiger partial charge in [0.1, 0.15) is 12.6 Å². The first-order valence-electron chi connectivity index (χ1n) is 10.7. The number of nitrogens with one attached hydrogen (secondary N) is 1. The topological polar surface area (TPSA) is 102 Å². The van der Waals surface area contributed by atoms with Gasteiger partial charge < -0.3 is 11.1 Å². The van der Waals surface area contributed by atoms with Crippen molar-refractivity contribution in [3.63, 3.8) is 0 Å². The Balaban J connectivity index is 2.07. The summed E-state index contributed by atoms with van der Waals surface area (Å²) in [6, 6.07) is 8.74. The first-order valence-corrected chi connectivity index (χ1v) is 10.7. The minimum absolute atomic E-state index is 0.133. The van der Waals surface area contributed by atoms with Crippen LogP contribution in [0.25, 0.3) is 0 Å². The maximum absolute atomic E-state index is 13.1. The van der Waals surface area contributed by atoms with Crippen molar-refractivity contribution >= 4 is 18.2 Å². The number of carbonyl (C=O) groups excluding carboxylic acids is 3. The molecule has 2 atom stereocenters. The van der Waals surface area contributed by atoms with Crippen molar-refractivity contribution in [2.75, 3.05) is 6.54 Å².